The van der Waals surface area contributed by atoms with E-state index in [0.717, 1.165) is 0 Å². The summed E-state index contributed by atoms with van der Waals surface area (Å²) in [5.74, 6) is 0. The molecule has 0 aliphatic rings. The van der Waals surface area contributed by atoms with Gasteiger partial charge in [0.2, 0.25) is 0 Å². The summed E-state index contributed by atoms with van der Waals surface area (Å²) in [6.45, 7) is 3.13. The maximum atomic E-state index is 4.76. The molecule has 4 heavy (non-hydrogen) atoms. The SMILES string of the molecule is C=CCl.[Ca+2].[H-].[H-]. The Morgan fingerprint density at radius 3 is 2.00 bits per heavy atom. The third-order valence-corrected chi connectivity index (χ3v) is 0. The van der Waals surface area contributed by atoms with Gasteiger partial charge in [-0.15, -0.1) is 0 Å². The first kappa shape index (κ1) is 8.99. The number of hydrogen-bond donors (Lipinski definition) is 0. The van der Waals surface area contributed by atoms with Crippen molar-refractivity contribution in [3.05, 3.63) is 12.1 Å². The van der Waals surface area contributed by atoms with Crippen molar-refractivity contribution < 1.29 is 2.85 Å². The van der Waals surface area contributed by atoms with Gasteiger partial charge in [0.1, 0.15) is 0 Å². The molecule has 0 radical (unpaired) electrons. The largest absolute Gasteiger partial charge is 2.00 e. The number of halogens is 1. The van der Waals surface area contributed by atoms with Crippen LogP contribution in [0.15, 0.2) is 12.1 Å². The van der Waals surface area contributed by atoms with Gasteiger partial charge in [0.15, 0.2) is 0 Å². The van der Waals surface area contributed by atoms with Crippen LogP contribution in [-0.2, 0) is 0 Å². The van der Waals surface area contributed by atoms with Gasteiger partial charge in [0.05, 0.1) is 0 Å². The monoisotopic (exact) mass is 104 g/mol. The third-order valence-electron chi connectivity index (χ3n) is 0. The van der Waals surface area contributed by atoms with Crippen molar-refractivity contribution in [1.29, 1.82) is 0 Å². The zero-order valence-corrected chi connectivity index (χ0v) is 5.33. The molecule has 0 rings (SSSR count). The van der Waals surface area contributed by atoms with Crippen LogP contribution < -0.4 is 0 Å². The molecule has 0 fully saturated rings. The summed E-state index contributed by atoms with van der Waals surface area (Å²) in [6, 6.07) is 0. The fraction of sp³-hybridized carbons (Fsp3) is 0. The smallest absolute Gasteiger partial charge is 1.00 e. The van der Waals surface area contributed by atoms with Gasteiger partial charge in [-0.05, 0) is 5.54 Å². The van der Waals surface area contributed by atoms with Crippen LogP contribution in [0, 0.1) is 0 Å². The minimum atomic E-state index is 0. The van der Waals surface area contributed by atoms with E-state index >= 15 is 0 Å². The molecule has 0 N–H and O–H groups in total. The molecule has 0 aliphatic heterocycles. The predicted molar refractivity (Wildman–Crippen MR) is 24.0 cm³/mol. The summed E-state index contributed by atoms with van der Waals surface area (Å²) >= 11 is 4.76. The zero-order valence-electron chi connectivity index (χ0n) is 4.37. The molecule has 22 valence electrons. The van der Waals surface area contributed by atoms with Crippen molar-refractivity contribution in [2.75, 3.05) is 0 Å². The van der Waals surface area contributed by atoms with Crippen molar-refractivity contribution in [3.63, 3.8) is 0 Å². The van der Waals surface area contributed by atoms with Gasteiger partial charge in [0.25, 0.3) is 0 Å². The molecule has 0 amide bonds. The van der Waals surface area contributed by atoms with E-state index in [4.69, 9.17) is 11.6 Å². The topological polar surface area (TPSA) is 0 Å². The van der Waals surface area contributed by atoms with Crippen LogP contribution in [0.5, 0.6) is 0 Å². The second-order valence-electron chi connectivity index (χ2n) is 0.154. The first-order chi connectivity index (χ1) is 1.41. The molecular weight excluding hydrogens is 99.6 g/mol. The Morgan fingerprint density at radius 1 is 2.00 bits per heavy atom. The average Bonchev–Trinajstić information content (AvgIpc) is 0.918. The molecule has 0 saturated heterocycles. The summed E-state index contributed by atoms with van der Waals surface area (Å²) < 4.78 is 0. The molecule has 0 atom stereocenters. The normalized spacial score (nSPS) is 3.25. The Morgan fingerprint density at radius 2 is 2.00 bits per heavy atom. The molecule has 0 aromatic rings. The second kappa shape index (κ2) is 8.85. The van der Waals surface area contributed by atoms with Crippen LogP contribution in [0.25, 0.3) is 0 Å². The van der Waals surface area contributed by atoms with E-state index in [1.807, 2.05) is 0 Å². The quantitative estimate of drug-likeness (QED) is 0.406. The summed E-state index contributed by atoms with van der Waals surface area (Å²) in [5.41, 5.74) is 1.22. The van der Waals surface area contributed by atoms with E-state index in [1.54, 1.807) is 0 Å². The summed E-state index contributed by atoms with van der Waals surface area (Å²) in [7, 11) is 0. The predicted octanol–water partition coefficient (Wildman–Crippen LogP) is 1.21. The molecule has 0 aliphatic carbocycles. The van der Waals surface area contributed by atoms with Crippen LogP contribution in [0.3, 0.4) is 0 Å². The fourth-order valence-electron chi connectivity index (χ4n) is 0. The van der Waals surface area contributed by atoms with Crippen LogP contribution in [0.1, 0.15) is 2.85 Å². The first-order valence-electron chi connectivity index (χ1n) is 0.626. The number of hydrogen-bond acceptors (Lipinski definition) is 0. The van der Waals surface area contributed by atoms with Gasteiger partial charge in [0, 0.05) is 0 Å². The molecule has 0 aromatic carbocycles. The molecule has 0 saturated carbocycles. The van der Waals surface area contributed by atoms with Crippen molar-refractivity contribution in [2.45, 2.75) is 0 Å². The van der Waals surface area contributed by atoms with Crippen molar-refractivity contribution in [1.82, 2.24) is 0 Å². The molecule has 2 heteroatoms. The van der Waals surface area contributed by atoms with Crippen molar-refractivity contribution >= 4 is 49.3 Å². The van der Waals surface area contributed by atoms with Gasteiger partial charge < -0.3 is 2.85 Å². The van der Waals surface area contributed by atoms with Crippen LogP contribution in [0.2, 0.25) is 0 Å². The minimum absolute atomic E-state index is 0. The molecule has 0 unspecified atom stereocenters. The minimum Gasteiger partial charge on any atom is -1.00 e. The molecule has 0 spiro atoms. The Balaban J connectivity index is -0.00000000667. The molecule has 0 heterocycles. The standard InChI is InChI=1S/C2H3Cl.Ca.2H/c1-2-3;;;/h2H,1H2;;;/q;+2;2*-1. The molecule has 0 aromatic heterocycles. The Bertz CT molecular complexity index is 19.0. The van der Waals surface area contributed by atoms with Gasteiger partial charge in [-0.25, -0.2) is 0 Å². The second-order valence-corrected chi connectivity index (χ2v) is 0.463. The van der Waals surface area contributed by atoms with E-state index in [1.165, 1.54) is 5.54 Å². The van der Waals surface area contributed by atoms with Crippen LogP contribution >= 0.6 is 11.6 Å². The van der Waals surface area contributed by atoms with E-state index in [2.05, 4.69) is 6.58 Å². The Hall–Kier alpha value is 1.29. The van der Waals surface area contributed by atoms with E-state index in [-0.39, 0.29) is 40.6 Å². The molecule has 0 nitrogen and oxygen atoms in total. The molecule has 0 bridgehead atoms. The first-order valence-corrected chi connectivity index (χ1v) is 1.06. The maximum absolute atomic E-state index is 4.76. The Kier molecular flexibility index (Phi) is 19.9. The zero-order chi connectivity index (χ0) is 2.71. The van der Waals surface area contributed by atoms with E-state index in [9.17, 15) is 0 Å². The van der Waals surface area contributed by atoms with E-state index in [0.29, 0.717) is 0 Å². The van der Waals surface area contributed by atoms with Crippen LogP contribution in [-0.4, -0.2) is 37.7 Å². The van der Waals surface area contributed by atoms with E-state index < -0.39 is 0 Å². The maximum Gasteiger partial charge on any atom is 2.00 e. The van der Waals surface area contributed by atoms with Crippen molar-refractivity contribution in [3.8, 4) is 0 Å². The Labute approximate surface area is 63.8 Å². The summed E-state index contributed by atoms with van der Waals surface area (Å²) in [6.07, 6.45) is 0. The molecular formula is C2H5CaCl. The van der Waals surface area contributed by atoms with Crippen molar-refractivity contribution in [2.24, 2.45) is 0 Å². The third kappa shape index (κ3) is 10.4. The average molecular weight is 105 g/mol. The van der Waals surface area contributed by atoms with Gasteiger partial charge in [-0.3, -0.25) is 0 Å². The van der Waals surface area contributed by atoms with Gasteiger partial charge in [-0.2, -0.15) is 0 Å². The fourth-order valence-corrected chi connectivity index (χ4v) is 0. The van der Waals surface area contributed by atoms with Gasteiger partial charge >= 0.3 is 37.7 Å². The van der Waals surface area contributed by atoms with Gasteiger partial charge in [-0.1, -0.05) is 18.2 Å². The summed E-state index contributed by atoms with van der Waals surface area (Å²) in [4.78, 5) is 0. The number of rotatable bonds is 0. The van der Waals surface area contributed by atoms with Crippen LogP contribution in [0.4, 0.5) is 0 Å². The summed E-state index contributed by atoms with van der Waals surface area (Å²) in [5, 5.41) is 0.